The Labute approximate surface area is 145 Å². The lowest BCUT2D eigenvalue weighted by Gasteiger charge is -2.19. The summed E-state index contributed by atoms with van der Waals surface area (Å²) in [4.78, 5) is 24.5. The quantitative estimate of drug-likeness (QED) is 0.642. The van der Waals surface area contributed by atoms with E-state index in [-0.39, 0.29) is 0 Å². The third-order valence-corrected chi connectivity index (χ3v) is 4.36. The molecule has 1 saturated heterocycles. The van der Waals surface area contributed by atoms with Gasteiger partial charge in [0, 0.05) is 0 Å². The van der Waals surface area contributed by atoms with Gasteiger partial charge in [0.2, 0.25) is 6.10 Å². The second kappa shape index (κ2) is 6.37. The highest BCUT2D eigenvalue weighted by molar-refractivity contribution is 6.06. The van der Waals surface area contributed by atoms with Crippen LogP contribution in [0.1, 0.15) is 29.8 Å². The number of rotatable bonds is 6. The van der Waals surface area contributed by atoms with E-state index < -0.39 is 23.6 Å². The highest BCUT2D eigenvalue weighted by Crippen LogP contribution is 2.34. The van der Waals surface area contributed by atoms with Gasteiger partial charge in [-0.3, -0.25) is 4.79 Å². The standard InChI is InChI=1S/C19H21NO5/c1-4-23-12-8-14-11(2)6-5-7-13(14)15(9-12)18(22)25-16(17(20)21)19(3)10-24-19/h5-9,16H,4,10H2,1-3H3,(H2,20,21)/t16-,19+/m1/s1. The van der Waals surface area contributed by atoms with E-state index >= 15 is 0 Å². The topological polar surface area (TPSA) is 91.2 Å². The van der Waals surface area contributed by atoms with Gasteiger partial charge in [0.25, 0.3) is 5.91 Å². The highest BCUT2D eigenvalue weighted by atomic mass is 16.6. The van der Waals surface area contributed by atoms with Crippen molar-refractivity contribution in [3.05, 3.63) is 41.5 Å². The molecule has 0 aromatic heterocycles. The second-order valence-electron chi connectivity index (χ2n) is 6.36. The van der Waals surface area contributed by atoms with E-state index in [0.717, 1.165) is 16.3 Å². The fourth-order valence-corrected chi connectivity index (χ4v) is 2.85. The average Bonchev–Trinajstić information content (AvgIpc) is 3.31. The molecule has 1 heterocycles. The smallest absolute Gasteiger partial charge is 0.339 e. The van der Waals surface area contributed by atoms with Crippen molar-refractivity contribution in [2.75, 3.05) is 13.2 Å². The molecule has 1 aliphatic heterocycles. The van der Waals surface area contributed by atoms with E-state index in [0.29, 0.717) is 24.5 Å². The molecule has 0 unspecified atom stereocenters. The zero-order valence-corrected chi connectivity index (χ0v) is 14.5. The summed E-state index contributed by atoms with van der Waals surface area (Å²) < 4.78 is 16.2. The van der Waals surface area contributed by atoms with E-state index in [2.05, 4.69) is 0 Å². The number of nitrogens with two attached hydrogens (primary N) is 1. The molecule has 25 heavy (non-hydrogen) atoms. The number of esters is 1. The van der Waals surface area contributed by atoms with Gasteiger partial charge in [0.1, 0.15) is 11.4 Å². The molecule has 1 fully saturated rings. The Morgan fingerprint density at radius 1 is 1.32 bits per heavy atom. The summed E-state index contributed by atoms with van der Waals surface area (Å²) >= 11 is 0. The predicted octanol–water partition coefficient (Wildman–Crippen LogP) is 2.35. The maximum atomic E-state index is 12.8. The number of aryl methyl sites for hydroxylation is 1. The molecule has 0 aliphatic carbocycles. The molecule has 0 bridgehead atoms. The Morgan fingerprint density at radius 3 is 2.64 bits per heavy atom. The van der Waals surface area contributed by atoms with Crippen LogP contribution in [0.15, 0.2) is 30.3 Å². The summed E-state index contributed by atoms with van der Waals surface area (Å²) in [5, 5.41) is 1.63. The molecule has 0 saturated carbocycles. The largest absolute Gasteiger partial charge is 0.494 e. The van der Waals surface area contributed by atoms with Crippen molar-refractivity contribution in [2.24, 2.45) is 5.73 Å². The van der Waals surface area contributed by atoms with Crippen molar-refractivity contribution in [1.29, 1.82) is 0 Å². The molecule has 0 radical (unpaired) electrons. The van der Waals surface area contributed by atoms with Crippen LogP contribution in [0.4, 0.5) is 0 Å². The van der Waals surface area contributed by atoms with Crippen molar-refractivity contribution in [3.8, 4) is 5.75 Å². The minimum absolute atomic E-state index is 0.326. The van der Waals surface area contributed by atoms with Crippen LogP contribution in [0.2, 0.25) is 0 Å². The van der Waals surface area contributed by atoms with Gasteiger partial charge in [0.05, 0.1) is 18.8 Å². The molecule has 2 aromatic rings. The van der Waals surface area contributed by atoms with Crippen LogP contribution in [-0.4, -0.2) is 36.8 Å². The molecule has 1 amide bonds. The van der Waals surface area contributed by atoms with Gasteiger partial charge < -0.3 is 19.9 Å². The van der Waals surface area contributed by atoms with E-state index in [1.165, 1.54) is 0 Å². The van der Waals surface area contributed by atoms with Crippen LogP contribution in [0, 0.1) is 6.92 Å². The van der Waals surface area contributed by atoms with E-state index in [4.69, 9.17) is 19.9 Å². The van der Waals surface area contributed by atoms with Crippen molar-refractivity contribution in [2.45, 2.75) is 32.5 Å². The van der Waals surface area contributed by atoms with Crippen molar-refractivity contribution >= 4 is 22.6 Å². The number of fused-ring (bicyclic) bond motifs is 1. The Balaban J connectivity index is 2.02. The van der Waals surface area contributed by atoms with Crippen LogP contribution < -0.4 is 10.5 Å². The zero-order chi connectivity index (χ0) is 18.2. The van der Waals surface area contributed by atoms with Crippen molar-refractivity contribution in [3.63, 3.8) is 0 Å². The summed E-state index contributed by atoms with van der Waals surface area (Å²) in [5.41, 5.74) is 5.88. The summed E-state index contributed by atoms with van der Waals surface area (Å²) in [6.07, 6.45) is -1.13. The molecule has 132 valence electrons. The molecule has 2 atom stereocenters. The van der Waals surface area contributed by atoms with Crippen LogP contribution in [-0.2, 0) is 14.3 Å². The summed E-state index contributed by atoms with van der Waals surface area (Å²) in [6, 6.07) is 9.18. The van der Waals surface area contributed by atoms with E-state index in [1.807, 2.05) is 38.1 Å². The number of primary amides is 1. The normalized spacial score (nSPS) is 20.1. The maximum Gasteiger partial charge on any atom is 0.339 e. The number of amides is 1. The number of hydrogen-bond donors (Lipinski definition) is 1. The first-order valence-electron chi connectivity index (χ1n) is 8.16. The monoisotopic (exact) mass is 343 g/mol. The molecular weight excluding hydrogens is 322 g/mol. The van der Waals surface area contributed by atoms with E-state index in [9.17, 15) is 9.59 Å². The third-order valence-electron chi connectivity index (χ3n) is 4.36. The number of carbonyl (C=O) groups is 2. The third kappa shape index (κ3) is 3.30. The SMILES string of the molecule is CCOc1cc(C(=O)O[C@H](C(N)=O)[C@]2(C)CO2)c2cccc(C)c2c1. The molecule has 2 aromatic carbocycles. The fraction of sp³-hybridized carbons (Fsp3) is 0.368. The minimum atomic E-state index is -1.13. The van der Waals surface area contributed by atoms with Crippen molar-refractivity contribution < 1.29 is 23.8 Å². The van der Waals surface area contributed by atoms with Crippen molar-refractivity contribution in [1.82, 2.24) is 0 Å². The first-order chi connectivity index (χ1) is 11.9. The number of benzene rings is 2. The molecule has 3 rings (SSSR count). The zero-order valence-electron chi connectivity index (χ0n) is 14.5. The molecule has 6 nitrogen and oxygen atoms in total. The Bertz CT molecular complexity index is 841. The fourth-order valence-electron chi connectivity index (χ4n) is 2.85. The van der Waals surface area contributed by atoms with Gasteiger partial charge in [-0.05, 0) is 49.2 Å². The summed E-state index contributed by atoms with van der Waals surface area (Å²) in [6.45, 7) is 6.32. The maximum absolute atomic E-state index is 12.8. The van der Waals surface area contributed by atoms with Gasteiger partial charge in [0.15, 0.2) is 0 Å². The highest BCUT2D eigenvalue weighted by Gasteiger charge is 2.52. The molecule has 2 N–H and O–H groups in total. The minimum Gasteiger partial charge on any atom is -0.494 e. The lowest BCUT2D eigenvalue weighted by atomic mass is 10.00. The second-order valence-corrected chi connectivity index (χ2v) is 6.36. The Morgan fingerprint density at radius 2 is 2.04 bits per heavy atom. The lowest BCUT2D eigenvalue weighted by Crippen LogP contribution is -2.43. The van der Waals surface area contributed by atoms with Gasteiger partial charge in [-0.25, -0.2) is 4.79 Å². The van der Waals surface area contributed by atoms with Gasteiger partial charge >= 0.3 is 5.97 Å². The van der Waals surface area contributed by atoms with Gasteiger partial charge in [-0.1, -0.05) is 18.2 Å². The number of ether oxygens (including phenoxy) is 3. The first-order valence-corrected chi connectivity index (χ1v) is 8.16. The number of epoxide rings is 1. The van der Waals surface area contributed by atoms with E-state index in [1.54, 1.807) is 13.0 Å². The van der Waals surface area contributed by atoms with Crippen LogP contribution >= 0.6 is 0 Å². The average molecular weight is 343 g/mol. The lowest BCUT2D eigenvalue weighted by molar-refractivity contribution is -0.129. The first kappa shape index (κ1) is 17.2. The van der Waals surface area contributed by atoms with Crippen LogP contribution in [0.25, 0.3) is 10.8 Å². The van der Waals surface area contributed by atoms with Gasteiger partial charge in [-0.15, -0.1) is 0 Å². The molecule has 0 spiro atoms. The summed E-state index contributed by atoms with van der Waals surface area (Å²) in [7, 11) is 0. The molecular formula is C19H21NO5. The Hall–Kier alpha value is -2.60. The van der Waals surface area contributed by atoms with Crippen LogP contribution in [0.3, 0.4) is 0 Å². The number of hydrogen-bond acceptors (Lipinski definition) is 5. The predicted molar refractivity (Wildman–Crippen MR) is 92.6 cm³/mol. The van der Waals surface area contributed by atoms with Gasteiger partial charge in [-0.2, -0.15) is 0 Å². The Kier molecular flexibility index (Phi) is 4.39. The number of carbonyl (C=O) groups excluding carboxylic acids is 2. The molecule has 1 aliphatic rings. The van der Waals surface area contributed by atoms with Crippen LogP contribution in [0.5, 0.6) is 5.75 Å². The summed E-state index contributed by atoms with van der Waals surface area (Å²) in [5.74, 6) is -0.784. The molecule has 6 heteroatoms.